The lowest BCUT2D eigenvalue weighted by molar-refractivity contribution is 0.0512. The molecule has 2 aromatic rings. The first kappa shape index (κ1) is 15.2. The van der Waals surface area contributed by atoms with E-state index in [2.05, 4.69) is 10.2 Å². The first-order valence-electron chi connectivity index (χ1n) is 7.50. The molecule has 0 aliphatic carbocycles. The third kappa shape index (κ3) is 3.23. The average Bonchev–Trinajstić information content (AvgIpc) is 3.00. The number of hydrogen-bond acceptors (Lipinski definition) is 5. The van der Waals surface area contributed by atoms with Gasteiger partial charge in [0, 0.05) is 38.7 Å². The van der Waals surface area contributed by atoms with Crippen LogP contribution in [0.2, 0.25) is 0 Å². The molecule has 1 aliphatic rings. The van der Waals surface area contributed by atoms with Crippen LogP contribution in [-0.4, -0.2) is 58.0 Å². The molecule has 2 heterocycles. The molecule has 1 saturated heterocycles. The third-order valence-corrected chi connectivity index (χ3v) is 3.83. The number of rotatable bonds is 2. The van der Waals surface area contributed by atoms with Gasteiger partial charge in [-0.15, -0.1) is 10.2 Å². The van der Waals surface area contributed by atoms with E-state index >= 15 is 0 Å². The minimum atomic E-state index is -0.284. The zero-order valence-electron chi connectivity index (χ0n) is 13.2. The van der Waals surface area contributed by atoms with Crippen molar-refractivity contribution in [3.05, 3.63) is 47.2 Å². The summed E-state index contributed by atoms with van der Waals surface area (Å²) in [7, 11) is 0. The number of hydrogen-bond donors (Lipinski definition) is 0. The maximum absolute atomic E-state index is 12.5. The van der Waals surface area contributed by atoms with Gasteiger partial charge in [0.15, 0.2) is 0 Å². The van der Waals surface area contributed by atoms with Gasteiger partial charge < -0.3 is 14.2 Å². The van der Waals surface area contributed by atoms with E-state index in [-0.39, 0.29) is 17.7 Å². The van der Waals surface area contributed by atoms with Crippen molar-refractivity contribution in [2.75, 3.05) is 26.2 Å². The monoisotopic (exact) mass is 314 g/mol. The van der Waals surface area contributed by atoms with Crippen LogP contribution in [0.4, 0.5) is 0 Å². The lowest BCUT2D eigenvalue weighted by Gasteiger charge is -2.34. The van der Waals surface area contributed by atoms with E-state index in [0.717, 1.165) is 5.56 Å². The van der Waals surface area contributed by atoms with E-state index in [1.807, 2.05) is 31.2 Å². The van der Waals surface area contributed by atoms with Crippen LogP contribution in [0.15, 0.2) is 28.7 Å². The maximum Gasteiger partial charge on any atom is 0.311 e. The molecule has 3 rings (SSSR count). The van der Waals surface area contributed by atoms with Crippen molar-refractivity contribution in [1.82, 2.24) is 20.0 Å². The van der Waals surface area contributed by atoms with Gasteiger partial charge in [0.05, 0.1) is 0 Å². The second-order valence-electron chi connectivity index (χ2n) is 5.58. The molecule has 120 valence electrons. The first-order chi connectivity index (χ1) is 11.0. The Hall–Kier alpha value is -2.70. The van der Waals surface area contributed by atoms with Crippen molar-refractivity contribution in [3.63, 3.8) is 0 Å². The van der Waals surface area contributed by atoms with Crippen LogP contribution in [-0.2, 0) is 0 Å². The summed E-state index contributed by atoms with van der Waals surface area (Å²) in [5.74, 6) is 0.0743. The summed E-state index contributed by atoms with van der Waals surface area (Å²) in [4.78, 5) is 28.1. The topological polar surface area (TPSA) is 79.5 Å². The van der Waals surface area contributed by atoms with Gasteiger partial charge in [-0.2, -0.15) is 0 Å². The minimum absolute atomic E-state index is 0.000890. The van der Waals surface area contributed by atoms with Gasteiger partial charge in [0.1, 0.15) is 0 Å². The summed E-state index contributed by atoms with van der Waals surface area (Å²) < 4.78 is 5.16. The van der Waals surface area contributed by atoms with Crippen LogP contribution in [0.1, 0.15) is 32.5 Å². The molecule has 7 nitrogen and oxygen atoms in total. The molecule has 0 spiro atoms. The van der Waals surface area contributed by atoms with Crippen molar-refractivity contribution < 1.29 is 14.0 Å². The van der Waals surface area contributed by atoms with Gasteiger partial charge >= 0.3 is 11.8 Å². The Balaban J connectivity index is 1.62. The number of amides is 2. The highest BCUT2D eigenvalue weighted by molar-refractivity contribution is 5.95. The predicted molar refractivity (Wildman–Crippen MR) is 82.0 cm³/mol. The number of nitrogens with zero attached hydrogens (tertiary/aromatic N) is 4. The summed E-state index contributed by atoms with van der Waals surface area (Å²) in [6.07, 6.45) is 0. The molecule has 1 aromatic carbocycles. The number of benzene rings is 1. The first-order valence-corrected chi connectivity index (χ1v) is 7.50. The van der Waals surface area contributed by atoms with Crippen molar-refractivity contribution >= 4 is 11.8 Å². The molecule has 0 bridgehead atoms. The molecule has 1 aliphatic heterocycles. The average molecular weight is 314 g/mol. The molecule has 0 saturated carbocycles. The molecular formula is C16H18N4O3. The quantitative estimate of drug-likeness (QED) is 0.834. The van der Waals surface area contributed by atoms with Gasteiger partial charge in [-0.3, -0.25) is 9.59 Å². The highest BCUT2D eigenvalue weighted by Gasteiger charge is 2.28. The Morgan fingerprint density at radius 2 is 1.65 bits per heavy atom. The van der Waals surface area contributed by atoms with Gasteiger partial charge in [-0.1, -0.05) is 17.7 Å². The normalized spacial score (nSPS) is 14.9. The Labute approximate surface area is 133 Å². The standard InChI is InChI=1S/C16H18N4O3/c1-11-4-3-5-13(10-11)15(21)19-6-8-20(9-7-19)16(22)14-18-17-12(2)23-14/h3-5,10H,6-9H2,1-2H3. The second-order valence-corrected chi connectivity index (χ2v) is 5.58. The summed E-state index contributed by atoms with van der Waals surface area (Å²) in [5, 5.41) is 7.41. The largest absolute Gasteiger partial charge is 0.417 e. The fourth-order valence-corrected chi connectivity index (χ4v) is 2.59. The van der Waals surface area contributed by atoms with Crippen LogP contribution < -0.4 is 0 Å². The van der Waals surface area contributed by atoms with Crippen LogP contribution in [0.3, 0.4) is 0 Å². The number of carbonyl (C=O) groups excluding carboxylic acids is 2. The lowest BCUT2D eigenvalue weighted by Crippen LogP contribution is -2.50. The Morgan fingerprint density at radius 3 is 2.22 bits per heavy atom. The summed E-state index contributed by atoms with van der Waals surface area (Å²) in [6, 6.07) is 7.52. The zero-order chi connectivity index (χ0) is 16.4. The highest BCUT2D eigenvalue weighted by Crippen LogP contribution is 2.12. The number of piperazine rings is 1. The summed E-state index contributed by atoms with van der Waals surface area (Å²) in [5.41, 5.74) is 1.73. The molecule has 1 fully saturated rings. The highest BCUT2D eigenvalue weighted by atomic mass is 16.4. The SMILES string of the molecule is Cc1cccc(C(=O)N2CCN(C(=O)c3nnc(C)o3)CC2)c1. The summed E-state index contributed by atoms with van der Waals surface area (Å²) in [6.45, 7) is 5.49. The number of aromatic nitrogens is 2. The Morgan fingerprint density at radius 1 is 1.00 bits per heavy atom. The van der Waals surface area contributed by atoms with E-state index in [1.54, 1.807) is 16.7 Å². The van der Waals surface area contributed by atoms with Crippen LogP contribution in [0.5, 0.6) is 0 Å². The van der Waals surface area contributed by atoms with Crippen molar-refractivity contribution in [2.45, 2.75) is 13.8 Å². The molecule has 0 radical (unpaired) electrons. The minimum Gasteiger partial charge on any atom is -0.417 e. The predicted octanol–water partition coefficient (Wildman–Crippen LogP) is 1.28. The molecule has 1 aromatic heterocycles. The fourth-order valence-electron chi connectivity index (χ4n) is 2.59. The molecule has 7 heteroatoms. The molecule has 23 heavy (non-hydrogen) atoms. The van der Waals surface area contributed by atoms with Crippen LogP contribution in [0, 0.1) is 13.8 Å². The zero-order valence-corrected chi connectivity index (χ0v) is 13.2. The third-order valence-electron chi connectivity index (χ3n) is 3.83. The van der Waals surface area contributed by atoms with Crippen LogP contribution >= 0.6 is 0 Å². The van der Waals surface area contributed by atoms with Crippen molar-refractivity contribution in [1.29, 1.82) is 0 Å². The van der Waals surface area contributed by atoms with Gasteiger partial charge in [0.2, 0.25) is 5.89 Å². The number of aryl methyl sites for hydroxylation is 2. The van der Waals surface area contributed by atoms with Crippen LogP contribution in [0.25, 0.3) is 0 Å². The molecule has 0 atom stereocenters. The van der Waals surface area contributed by atoms with Crippen molar-refractivity contribution in [3.8, 4) is 0 Å². The molecule has 0 N–H and O–H groups in total. The Kier molecular flexibility index (Phi) is 4.10. The van der Waals surface area contributed by atoms with E-state index in [0.29, 0.717) is 37.6 Å². The smallest absolute Gasteiger partial charge is 0.311 e. The van der Waals surface area contributed by atoms with E-state index < -0.39 is 0 Å². The maximum atomic E-state index is 12.5. The van der Waals surface area contributed by atoms with Crippen molar-refractivity contribution in [2.24, 2.45) is 0 Å². The molecule has 2 amide bonds. The van der Waals surface area contributed by atoms with E-state index in [9.17, 15) is 9.59 Å². The molecular weight excluding hydrogens is 296 g/mol. The van der Waals surface area contributed by atoms with E-state index in [4.69, 9.17) is 4.42 Å². The summed E-state index contributed by atoms with van der Waals surface area (Å²) >= 11 is 0. The lowest BCUT2D eigenvalue weighted by atomic mass is 10.1. The van der Waals surface area contributed by atoms with E-state index in [1.165, 1.54) is 0 Å². The molecule has 0 unspecified atom stereocenters. The van der Waals surface area contributed by atoms with Gasteiger partial charge in [0.25, 0.3) is 5.91 Å². The fraction of sp³-hybridized carbons (Fsp3) is 0.375. The van der Waals surface area contributed by atoms with Gasteiger partial charge in [-0.25, -0.2) is 0 Å². The second kappa shape index (κ2) is 6.20. The number of carbonyl (C=O) groups is 2. The van der Waals surface area contributed by atoms with Gasteiger partial charge in [-0.05, 0) is 19.1 Å². The Bertz CT molecular complexity index is 732.